The van der Waals surface area contributed by atoms with Crippen LogP contribution in [0.25, 0.3) is 0 Å². The normalized spacial score (nSPS) is 26.2. The van der Waals surface area contributed by atoms with E-state index in [1.807, 2.05) is 11.7 Å². The topological polar surface area (TPSA) is 42.3 Å². The minimum absolute atomic E-state index is 0.289. The minimum atomic E-state index is 0.289. The van der Waals surface area contributed by atoms with Gasteiger partial charge in [0.05, 0.1) is 29.1 Å². The molecule has 0 spiro atoms. The van der Waals surface area contributed by atoms with Crippen LogP contribution in [0.15, 0.2) is 0 Å². The Morgan fingerprint density at radius 1 is 1.48 bits per heavy atom. The molecule has 5 nitrogen and oxygen atoms in total. The van der Waals surface area contributed by atoms with Crippen molar-refractivity contribution >= 4 is 11.6 Å². The summed E-state index contributed by atoms with van der Waals surface area (Å²) in [5, 5.41) is 8.72. The third-order valence-corrected chi connectivity index (χ3v) is 5.07. The Balaban J connectivity index is 1.49. The number of morpholine rings is 1. The van der Waals surface area contributed by atoms with E-state index >= 15 is 0 Å². The molecular formula is C15H25ClN4O. The third-order valence-electron chi connectivity index (χ3n) is 4.63. The molecule has 118 valence electrons. The van der Waals surface area contributed by atoms with E-state index in [-0.39, 0.29) is 6.10 Å². The van der Waals surface area contributed by atoms with E-state index in [0.717, 1.165) is 49.1 Å². The second-order valence-corrected chi connectivity index (χ2v) is 6.44. The smallest absolute Gasteiger partial charge is 0.0863 e. The van der Waals surface area contributed by atoms with Gasteiger partial charge in [-0.05, 0) is 25.8 Å². The van der Waals surface area contributed by atoms with Crippen LogP contribution in [0.5, 0.6) is 0 Å². The molecule has 2 aliphatic rings. The largest absolute Gasteiger partial charge is 0.374 e. The molecule has 21 heavy (non-hydrogen) atoms. The zero-order valence-corrected chi connectivity index (χ0v) is 13.7. The lowest BCUT2D eigenvalue weighted by Crippen LogP contribution is -2.49. The Bertz CT molecular complexity index is 490. The monoisotopic (exact) mass is 312 g/mol. The molecule has 2 saturated heterocycles. The van der Waals surface area contributed by atoms with E-state index in [4.69, 9.17) is 16.3 Å². The summed E-state index contributed by atoms with van der Waals surface area (Å²) in [6.45, 7) is 6.86. The first-order chi connectivity index (χ1) is 10.2. The number of aryl methyl sites for hydroxylation is 2. The van der Waals surface area contributed by atoms with Crippen molar-refractivity contribution in [2.24, 2.45) is 7.05 Å². The lowest BCUT2D eigenvalue weighted by molar-refractivity contribution is -0.0470. The van der Waals surface area contributed by atoms with Crippen molar-refractivity contribution in [3.05, 3.63) is 16.4 Å². The van der Waals surface area contributed by atoms with Crippen LogP contribution < -0.4 is 5.32 Å². The number of hydrogen-bond acceptors (Lipinski definition) is 4. The Labute approximate surface area is 131 Å². The quantitative estimate of drug-likeness (QED) is 0.896. The second-order valence-electron chi connectivity index (χ2n) is 6.06. The summed E-state index contributed by atoms with van der Waals surface area (Å²) in [7, 11) is 1.95. The van der Waals surface area contributed by atoms with Crippen molar-refractivity contribution in [2.75, 3.05) is 26.2 Å². The number of hydrogen-bond donors (Lipinski definition) is 1. The Hall–Kier alpha value is -0.620. The van der Waals surface area contributed by atoms with Crippen molar-refractivity contribution in [2.45, 2.75) is 44.9 Å². The predicted molar refractivity (Wildman–Crippen MR) is 83.6 cm³/mol. The van der Waals surface area contributed by atoms with Crippen LogP contribution in [0.2, 0.25) is 5.02 Å². The van der Waals surface area contributed by atoms with Crippen molar-refractivity contribution in [1.29, 1.82) is 0 Å². The lowest BCUT2D eigenvalue weighted by atomic mass is 10.2. The number of rotatable bonds is 5. The highest BCUT2D eigenvalue weighted by Gasteiger charge is 2.31. The molecule has 1 aromatic heterocycles. The van der Waals surface area contributed by atoms with Gasteiger partial charge in [0.2, 0.25) is 0 Å². The van der Waals surface area contributed by atoms with Crippen molar-refractivity contribution < 1.29 is 4.74 Å². The number of ether oxygens (including phenoxy) is 1. The van der Waals surface area contributed by atoms with E-state index in [9.17, 15) is 0 Å². The standard InChI is InChI=1S/C15H25ClN4O/c1-3-13-15(16)14(19(2)18-13)8-17-7-12-9-20-6-4-5-11(20)10-21-12/h11-12,17H,3-10H2,1-2H3. The van der Waals surface area contributed by atoms with Gasteiger partial charge in [0, 0.05) is 32.7 Å². The molecule has 1 aromatic rings. The fraction of sp³-hybridized carbons (Fsp3) is 0.800. The summed E-state index contributed by atoms with van der Waals surface area (Å²) in [4.78, 5) is 2.57. The fourth-order valence-electron chi connectivity index (χ4n) is 3.37. The summed E-state index contributed by atoms with van der Waals surface area (Å²) in [6, 6.07) is 0.667. The summed E-state index contributed by atoms with van der Waals surface area (Å²) < 4.78 is 7.84. The SMILES string of the molecule is CCc1nn(C)c(CNCC2CN3CCCC3CO2)c1Cl. The molecule has 0 aliphatic carbocycles. The Morgan fingerprint density at radius 3 is 3.10 bits per heavy atom. The molecule has 2 fully saturated rings. The molecule has 3 rings (SSSR count). The van der Waals surface area contributed by atoms with Gasteiger partial charge < -0.3 is 10.1 Å². The maximum Gasteiger partial charge on any atom is 0.0863 e. The first-order valence-electron chi connectivity index (χ1n) is 7.95. The van der Waals surface area contributed by atoms with E-state index in [0.29, 0.717) is 6.04 Å². The molecular weight excluding hydrogens is 288 g/mol. The number of halogens is 1. The maximum atomic E-state index is 6.36. The van der Waals surface area contributed by atoms with Crippen LogP contribution in [0.4, 0.5) is 0 Å². The van der Waals surface area contributed by atoms with Crippen LogP contribution in [-0.2, 0) is 24.8 Å². The van der Waals surface area contributed by atoms with Crippen LogP contribution in [0, 0.1) is 0 Å². The molecule has 0 amide bonds. The van der Waals surface area contributed by atoms with Gasteiger partial charge in [0.1, 0.15) is 0 Å². The van der Waals surface area contributed by atoms with E-state index < -0.39 is 0 Å². The number of nitrogens with one attached hydrogen (secondary N) is 1. The van der Waals surface area contributed by atoms with E-state index in [1.54, 1.807) is 0 Å². The molecule has 0 saturated carbocycles. The highest BCUT2D eigenvalue weighted by molar-refractivity contribution is 6.31. The predicted octanol–water partition coefficient (Wildman–Crippen LogP) is 1.59. The highest BCUT2D eigenvalue weighted by Crippen LogP contribution is 2.23. The summed E-state index contributed by atoms with van der Waals surface area (Å²) in [5.41, 5.74) is 2.04. The Kier molecular flexibility index (Phi) is 4.84. The molecule has 3 heterocycles. The molecule has 6 heteroatoms. The van der Waals surface area contributed by atoms with Gasteiger partial charge >= 0.3 is 0 Å². The Morgan fingerprint density at radius 2 is 2.33 bits per heavy atom. The molecule has 0 radical (unpaired) electrons. The molecule has 0 aromatic carbocycles. The number of nitrogens with zero attached hydrogens (tertiary/aromatic N) is 3. The highest BCUT2D eigenvalue weighted by atomic mass is 35.5. The summed E-state index contributed by atoms with van der Waals surface area (Å²) in [5.74, 6) is 0. The average molecular weight is 313 g/mol. The number of aromatic nitrogens is 2. The first kappa shape index (κ1) is 15.3. The summed E-state index contributed by atoms with van der Waals surface area (Å²) >= 11 is 6.36. The maximum absolute atomic E-state index is 6.36. The van der Waals surface area contributed by atoms with Crippen LogP contribution >= 0.6 is 11.6 Å². The first-order valence-corrected chi connectivity index (χ1v) is 8.33. The van der Waals surface area contributed by atoms with Crippen molar-refractivity contribution in [3.8, 4) is 0 Å². The van der Waals surface area contributed by atoms with Gasteiger partial charge in [0.15, 0.2) is 0 Å². The third kappa shape index (κ3) is 3.26. The summed E-state index contributed by atoms with van der Waals surface area (Å²) in [6.07, 6.45) is 3.77. The van der Waals surface area contributed by atoms with Crippen LogP contribution in [0.1, 0.15) is 31.2 Å². The van der Waals surface area contributed by atoms with E-state index in [2.05, 4.69) is 22.2 Å². The van der Waals surface area contributed by atoms with E-state index in [1.165, 1.54) is 19.4 Å². The van der Waals surface area contributed by atoms with Gasteiger partial charge in [-0.15, -0.1) is 0 Å². The molecule has 1 N–H and O–H groups in total. The fourth-order valence-corrected chi connectivity index (χ4v) is 3.73. The molecule has 2 unspecified atom stereocenters. The van der Waals surface area contributed by atoms with Gasteiger partial charge in [-0.1, -0.05) is 18.5 Å². The second kappa shape index (κ2) is 6.65. The van der Waals surface area contributed by atoms with Crippen LogP contribution in [-0.4, -0.2) is 53.1 Å². The van der Waals surface area contributed by atoms with Gasteiger partial charge in [-0.2, -0.15) is 5.10 Å². The molecule has 2 aliphatic heterocycles. The van der Waals surface area contributed by atoms with Crippen molar-refractivity contribution in [3.63, 3.8) is 0 Å². The molecule has 2 atom stereocenters. The van der Waals surface area contributed by atoms with Crippen LogP contribution in [0.3, 0.4) is 0 Å². The zero-order chi connectivity index (χ0) is 14.8. The van der Waals surface area contributed by atoms with Gasteiger partial charge in [-0.3, -0.25) is 9.58 Å². The molecule has 0 bridgehead atoms. The minimum Gasteiger partial charge on any atom is -0.374 e. The average Bonchev–Trinajstić information content (AvgIpc) is 3.05. The van der Waals surface area contributed by atoms with Gasteiger partial charge in [-0.25, -0.2) is 0 Å². The van der Waals surface area contributed by atoms with Crippen molar-refractivity contribution in [1.82, 2.24) is 20.0 Å². The van der Waals surface area contributed by atoms with Gasteiger partial charge in [0.25, 0.3) is 0 Å². The number of fused-ring (bicyclic) bond motifs is 1. The zero-order valence-electron chi connectivity index (χ0n) is 12.9. The lowest BCUT2D eigenvalue weighted by Gasteiger charge is -2.35.